The minimum absolute atomic E-state index is 0.247. The lowest BCUT2D eigenvalue weighted by atomic mass is 9.86. The molecule has 0 aliphatic carbocycles. The number of hydrogen-bond acceptors (Lipinski definition) is 4. The van der Waals surface area contributed by atoms with Crippen molar-refractivity contribution < 1.29 is 4.79 Å². The van der Waals surface area contributed by atoms with E-state index in [0.717, 1.165) is 42.5 Å². The summed E-state index contributed by atoms with van der Waals surface area (Å²) in [6, 6.07) is 6.24. The van der Waals surface area contributed by atoms with Crippen LogP contribution in [0.5, 0.6) is 0 Å². The van der Waals surface area contributed by atoms with E-state index in [1.54, 1.807) is 0 Å². The number of benzene rings is 1. The molecule has 1 aromatic carbocycles. The number of carbonyl (C=O) groups is 1. The molecule has 0 unspecified atom stereocenters. The third-order valence-electron chi connectivity index (χ3n) is 4.78. The molecule has 2 N–H and O–H groups in total. The van der Waals surface area contributed by atoms with Crippen LogP contribution in [0, 0.1) is 0 Å². The highest BCUT2D eigenvalue weighted by Crippen LogP contribution is 2.38. The molecule has 2 saturated heterocycles. The first-order valence-corrected chi connectivity index (χ1v) is 7.38. The number of carbonyl (C=O) groups excluding carboxylic acids is 1. The molecule has 6 nitrogen and oxygen atoms in total. The van der Waals surface area contributed by atoms with Crippen LogP contribution in [0.2, 0.25) is 0 Å². The van der Waals surface area contributed by atoms with E-state index in [1.807, 2.05) is 24.2 Å². The van der Waals surface area contributed by atoms with Gasteiger partial charge < -0.3 is 15.1 Å². The van der Waals surface area contributed by atoms with Crippen molar-refractivity contribution in [3.63, 3.8) is 0 Å². The van der Waals surface area contributed by atoms with Crippen molar-refractivity contribution in [3.05, 3.63) is 24.4 Å². The van der Waals surface area contributed by atoms with Gasteiger partial charge in [0.15, 0.2) is 0 Å². The summed E-state index contributed by atoms with van der Waals surface area (Å²) in [5, 5.41) is 11.5. The SMILES string of the molecule is CN1CN(c2ccc3[nH]ncc3c2)C2(CCNCC2)C1=O. The maximum absolute atomic E-state index is 12.7. The zero-order chi connectivity index (χ0) is 14.4. The number of fused-ring (bicyclic) bond motifs is 1. The summed E-state index contributed by atoms with van der Waals surface area (Å²) < 4.78 is 0. The highest BCUT2D eigenvalue weighted by atomic mass is 16.2. The molecular formula is C15H19N5O. The normalized spacial score (nSPS) is 21.7. The monoisotopic (exact) mass is 285 g/mol. The molecular weight excluding hydrogens is 266 g/mol. The van der Waals surface area contributed by atoms with Crippen molar-refractivity contribution in [1.82, 2.24) is 20.4 Å². The third kappa shape index (κ3) is 1.75. The predicted molar refractivity (Wildman–Crippen MR) is 81.0 cm³/mol. The molecule has 110 valence electrons. The molecule has 1 spiro atoms. The number of nitrogens with one attached hydrogen (secondary N) is 2. The molecule has 3 heterocycles. The molecule has 2 aliphatic heterocycles. The van der Waals surface area contributed by atoms with E-state index >= 15 is 0 Å². The van der Waals surface area contributed by atoms with Gasteiger partial charge in [-0.25, -0.2) is 0 Å². The number of amides is 1. The van der Waals surface area contributed by atoms with E-state index in [0.29, 0.717) is 6.67 Å². The third-order valence-corrected chi connectivity index (χ3v) is 4.78. The predicted octanol–water partition coefficient (Wildman–Crippen LogP) is 0.921. The Kier molecular flexibility index (Phi) is 2.68. The Balaban J connectivity index is 1.79. The number of aromatic amines is 1. The first-order valence-electron chi connectivity index (χ1n) is 7.38. The van der Waals surface area contributed by atoms with E-state index in [-0.39, 0.29) is 11.4 Å². The van der Waals surface area contributed by atoms with Crippen molar-refractivity contribution in [2.75, 3.05) is 31.7 Å². The number of rotatable bonds is 1. The molecule has 0 radical (unpaired) electrons. The Morgan fingerprint density at radius 1 is 1.29 bits per heavy atom. The summed E-state index contributed by atoms with van der Waals surface area (Å²) in [5.74, 6) is 0.247. The summed E-state index contributed by atoms with van der Waals surface area (Å²) in [6.45, 7) is 2.44. The Labute approximate surface area is 123 Å². The fraction of sp³-hybridized carbons (Fsp3) is 0.467. The Morgan fingerprint density at radius 3 is 2.90 bits per heavy atom. The molecule has 0 bridgehead atoms. The van der Waals surface area contributed by atoms with Crippen molar-refractivity contribution in [2.24, 2.45) is 0 Å². The van der Waals surface area contributed by atoms with Gasteiger partial charge in [-0.3, -0.25) is 9.89 Å². The highest BCUT2D eigenvalue weighted by Gasteiger charge is 2.51. The number of piperidine rings is 1. The van der Waals surface area contributed by atoms with Crippen LogP contribution in [0.1, 0.15) is 12.8 Å². The maximum Gasteiger partial charge on any atom is 0.249 e. The molecule has 2 aromatic rings. The van der Waals surface area contributed by atoms with E-state index < -0.39 is 0 Å². The van der Waals surface area contributed by atoms with Gasteiger partial charge in [0.25, 0.3) is 0 Å². The Bertz CT molecular complexity index is 688. The van der Waals surface area contributed by atoms with E-state index in [2.05, 4.69) is 32.5 Å². The van der Waals surface area contributed by atoms with Crippen LogP contribution in [0.25, 0.3) is 10.9 Å². The van der Waals surface area contributed by atoms with Gasteiger partial charge >= 0.3 is 0 Å². The zero-order valence-corrected chi connectivity index (χ0v) is 12.1. The Hall–Kier alpha value is -2.08. The second kappa shape index (κ2) is 4.46. The standard InChI is InChI=1S/C15H19N5O/c1-19-10-20(15(14(19)21)4-6-16-7-5-15)12-2-3-13-11(8-12)9-17-18-13/h2-3,8-9,16H,4-7,10H2,1H3,(H,17,18). The smallest absolute Gasteiger partial charge is 0.249 e. The summed E-state index contributed by atoms with van der Waals surface area (Å²) in [7, 11) is 1.89. The number of likely N-dealkylation sites (N-methyl/N-ethyl adjacent to an activating group) is 1. The average molecular weight is 285 g/mol. The van der Waals surface area contributed by atoms with Crippen LogP contribution in [0.4, 0.5) is 5.69 Å². The maximum atomic E-state index is 12.7. The van der Waals surface area contributed by atoms with Gasteiger partial charge in [-0.1, -0.05) is 0 Å². The minimum Gasteiger partial charge on any atom is -0.339 e. The van der Waals surface area contributed by atoms with Gasteiger partial charge in [-0.2, -0.15) is 5.10 Å². The van der Waals surface area contributed by atoms with Crippen LogP contribution in [-0.2, 0) is 4.79 Å². The number of H-pyrrole nitrogens is 1. The largest absolute Gasteiger partial charge is 0.339 e. The van der Waals surface area contributed by atoms with Crippen molar-refractivity contribution in [1.29, 1.82) is 0 Å². The number of anilines is 1. The van der Waals surface area contributed by atoms with Gasteiger partial charge in [-0.15, -0.1) is 0 Å². The van der Waals surface area contributed by atoms with Crippen LogP contribution < -0.4 is 10.2 Å². The van der Waals surface area contributed by atoms with Gasteiger partial charge in [0.05, 0.1) is 18.4 Å². The van der Waals surface area contributed by atoms with Gasteiger partial charge in [0.1, 0.15) is 5.54 Å². The summed E-state index contributed by atoms with van der Waals surface area (Å²) in [5.41, 5.74) is 1.75. The highest BCUT2D eigenvalue weighted by molar-refractivity contribution is 5.94. The van der Waals surface area contributed by atoms with Gasteiger partial charge in [-0.05, 0) is 44.1 Å². The van der Waals surface area contributed by atoms with Crippen molar-refractivity contribution >= 4 is 22.5 Å². The summed E-state index contributed by atoms with van der Waals surface area (Å²) >= 11 is 0. The fourth-order valence-electron chi connectivity index (χ4n) is 3.63. The molecule has 4 rings (SSSR count). The summed E-state index contributed by atoms with van der Waals surface area (Å²) in [6.07, 6.45) is 3.55. The number of nitrogens with zero attached hydrogens (tertiary/aromatic N) is 3. The molecule has 2 fully saturated rings. The molecule has 0 atom stereocenters. The lowest BCUT2D eigenvalue weighted by Crippen LogP contribution is -2.55. The molecule has 2 aliphatic rings. The molecule has 21 heavy (non-hydrogen) atoms. The Morgan fingerprint density at radius 2 is 2.10 bits per heavy atom. The van der Waals surface area contributed by atoms with Crippen LogP contribution in [0.15, 0.2) is 24.4 Å². The van der Waals surface area contributed by atoms with Crippen LogP contribution in [0.3, 0.4) is 0 Å². The van der Waals surface area contributed by atoms with Crippen LogP contribution >= 0.6 is 0 Å². The quantitative estimate of drug-likeness (QED) is 0.818. The molecule has 1 amide bonds. The lowest BCUT2D eigenvalue weighted by Gasteiger charge is -2.40. The lowest BCUT2D eigenvalue weighted by molar-refractivity contribution is -0.131. The second-order valence-electron chi connectivity index (χ2n) is 6.00. The first-order chi connectivity index (χ1) is 10.2. The molecule has 0 saturated carbocycles. The number of hydrogen-bond donors (Lipinski definition) is 2. The second-order valence-corrected chi connectivity index (χ2v) is 6.00. The van der Waals surface area contributed by atoms with Crippen LogP contribution in [-0.4, -0.2) is 53.3 Å². The first kappa shape index (κ1) is 12.6. The van der Waals surface area contributed by atoms with Crippen molar-refractivity contribution in [3.8, 4) is 0 Å². The topological polar surface area (TPSA) is 64.3 Å². The zero-order valence-electron chi connectivity index (χ0n) is 12.1. The minimum atomic E-state index is -0.378. The van der Waals surface area contributed by atoms with E-state index in [9.17, 15) is 4.79 Å². The van der Waals surface area contributed by atoms with E-state index in [1.165, 1.54) is 0 Å². The number of aromatic nitrogens is 2. The van der Waals surface area contributed by atoms with Gasteiger partial charge in [0, 0.05) is 18.1 Å². The average Bonchev–Trinajstić information content (AvgIpc) is 3.07. The molecule has 1 aromatic heterocycles. The van der Waals surface area contributed by atoms with E-state index in [4.69, 9.17) is 0 Å². The van der Waals surface area contributed by atoms with Gasteiger partial charge in [0.2, 0.25) is 5.91 Å². The summed E-state index contributed by atoms with van der Waals surface area (Å²) in [4.78, 5) is 16.8. The molecule has 6 heteroatoms. The fourth-order valence-corrected chi connectivity index (χ4v) is 3.63. The van der Waals surface area contributed by atoms with Crippen molar-refractivity contribution in [2.45, 2.75) is 18.4 Å².